The maximum atomic E-state index is 11.9. The molecule has 18 heavy (non-hydrogen) atoms. The fourth-order valence-corrected chi connectivity index (χ4v) is 2.37. The van der Waals surface area contributed by atoms with Crippen LogP contribution in [0.3, 0.4) is 0 Å². The van der Waals surface area contributed by atoms with E-state index in [0.29, 0.717) is 19.2 Å². The molecule has 1 unspecified atom stereocenters. The highest BCUT2D eigenvalue weighted by molar-refractivity contribution is 5.81. The zero-order valence-corrected chi connectivity index (χ0v) is 11.9. The lowest BCUT2D eigenvalue weighted by Gasteiger charge is -2.35. The number of rotatable bonds is 7. The van der Waals surface area contributed by atoms with Crippen LogP contribution in [-0.4, -0.2) is 62.8 Å². The topological polar surface area (TPSA) is 53.6 Å². The summed E-state index contributed by atoms with van der Waals surface area (Å²) in [4.78, 5) is 14.2. The first-order valence-electron chi connectivity index (χ1n) is 6.93. The molecule has 1 rings (SSSR count). The van der Waals surface area contributed by atoms with Crippen LogP contribution in [0.25, 0.3) is 0 Å². The van der Waals surface area contributed by atoms with Gasteiger partial charge in [0.15, 0.2) is 0 Å². The molecular weight excluding hydrogens is 230 g/mol. The van der Waals surface area contributed by atoms with Gasteiger partial charge in [0.25, 0.3) is 0 Å². The molecule has 0 radical (unpaired) electrons. The number of hydrogen-bond donors (Lipinski definition) is 2. The Hall–Kier alpha value is -0.650. The Bertz CT molecular complexity index is 240. The zero-order valence-electron chi connectivity index (χ0n) is 11.9. The second-order valence-corrected chi connectivity index (χ2v) is 4.83. The van der Waals surface area contributed by atoms with Gasteiger partial charge in [0.05, 0.1) is 12.6 Å². The summed E-state index contributed by atoms with van der Waals surface area (Å²) in [5, 5.41) is 6.37. The van der Waals surface area contributed by atoms with Crippen LogP contribution < -0.4 is 10.6 Å². The van der Waals surface area contributed by atoms with Crippen molar-refractivity contribution in [2.24, 2.45) is 0 Å². The van der Waals surface area contributed by atoms with Crippen molar-refractivity contribution in [1.29, 1.82) is 0 Å². The van der Waals surface area contributed by atoms with Gasteiger partial charge in [0.1, 0.15) is 0 Å². The number of carbonyl (C=O) groups excluding carboxylic acids is 1. The predicted octanol–water partition coefficient (Wildman–Crippen LogP) is 0.211. The Kier molecular flexibility index (Phi) is 7.23. The van der Waals surface area contributed by atoms with E-state index in [4.69, 9.17) is 4.74 Å². The summed E-state index contributed by atoms with van der Waals surface area (Å²) in [6, 6.07) is 0.583. The Balaban J connectivity index is 2.26. The maximum Gasteiger partial charge on any atom is 0.237 e. The lowest BCUT2D eigenvalue weighted by Crippen LogP contribution is -2.51. The highest BCUT2D eigenvalue weighted by Crippen LogP contribution is 2.13. The number of methoxy groups -OCH3 is 1. The molecular formula is C13H27N3O2. The summed E-state index contributed by atoms with van der Waals surface area (Å²) in [6.07, 6.45) is 2.26. The van der Waals surface area contributed by atoms with Crippen LogP contribution in [0.5, 0.6) is 0 Å². The fourth-order valence-electron chi connectivity index (χ4n) is 2.37. The Morgan fingerprint density at radius 1 is 1.44 bits per heavy atom. The number of carbonyl (C=O) groups is 1. The van der Waals surface area contributed by atoms with E-state index in [1.165, 1.54) is 0 Å². The van der Waals surface area contributed by atoms with Gasteiger partial charge in [0, 0.05) is 32.8 Å². The average molecular weight is 257 g/mol. The van der Waals surface area contributed by atoms with Crippen LogP contribution in [0.1, 0.15) is 26.7 Å². The summed E-state index contributed by atoms with van der Waals surface area (Å²) in [7, 11) is 1.64. The molecule has 5 heteroatoms. The van der Waals surface area contributed by atoms with Crippen molar-refractivity contribution < 1.29 is 9.53 Å². The van der Waals surface area contributed by atoms with Crippen LogP contribution in [0, 0.1) is 0 Å². The van der Waals surface area contributed by atoms with Crippen LogP contribution in [0.2, 0.25) is 0 Å². The monoisotopic (exact) mass is 257 g/mol. The fraction of sp³-hybridized carbons (Fsp3) is 0.923. The van der Waals surface area contributed by atoms with Gasteiger partial charge >= 0.3 is 0 Å². The molecule has 5 nitrogen and oxygen atoms in total. The number of ether oxygens (including phenoxy) is 1. The molecule has 1 heterocycles. The van der Waals surface area contributed by atoms with E-state index >= 15 is 0 Å². The van der Waals surface area contributed by atoms with Gasteiger partial charge in [-0.15, -0.1) is 0 Å². The third kappa shape index (κ3) is 4.92. The second kappa shape index (κ2) is 8.45. The quantitative estimate of drug-likeness (QED) is 0.640. The number of amides is 1. The van der Waals surface area contributed by atoms with Gasteiger partial charge in [-0.05, 0) is 26.3 Å². The molecule has 0 bridgehead atoms. The molecule has 1 fully saturated rings. The molecule has 0 aromatic carbocycles. The highest BCUT2D eigenvalue weighted by atomic mass is 16.5. The van der Waals surface area contributed by atoms with Crippen LogP contribution in [0.4, 0.5) is 0 Å². The first-order chi connectivity index (χ1) is 8.69. The van der Waals surface area contributed by atoms with E-state index in [1.807, 2.05) is 6.92 Å². The van der Waals surface area contributed by atoms with Crippen molar-refractivity contribution in [1.82, 2.24) is 15.5 Å². The highest BCUT2D eigenvalue weighted by Gasteiger charge is 2.25. The molecule has 1 aliphatic heterocycles. The van der Waals surface area contributed by atoms with Crippen LogP contribution >= 0.6 is 0 Å². The third-order valence-corrected chi connectivity index (χ3v) is 3.55. The van der Waals surface area contributed by atoms with Crippen molar-refractivity contribution in [2.45, 2.75) is 38.8 Å². The normalized spacial score (nSPS) is 19.7. The van der Waals surface area contributed by atoms with E-state index in [1.54, 1.807) is 7.11 Å². The standard InChI is InChI=1S/C13H27N3O2/c1-4-14-12-5-8-16(9-6-12)11(2)13(17)15-7-10-18-3/h11-12,14H,4-10H2,1-3H3,(H,15,17). The van der Waals surface area contributed by atoms with Crippen molar-refractivity contribution in [3.8, 4) is 0 Å². The summed E-state index contributed by atoms with van der Waals surface area (Å²) in [5.74, 6) is 0.106. The van der Waals surface area contributed by atoms with Crippen LogP contribution in [0.15, 0.2) is 0 Å². The van der Waals surface area contributed by atoms with Gasteiger partial charge in [-0.2, -0.15) is 0 Å². The number of nitrogens with one attached hydrogen (secondary N) is 2. The molecule has 0 aliphatic carbocycles. The Morgan fingerprint density at radius 2 is 2.11 bits per heavy atom. The molecule has 1 saturated heterocycles. The molecule has 0 aromatic rings. The van der Waals surface area contributed by atoms with Gasteiger partial charge in [0.2, 0.25) is 5.91 Å². The maximum absolute atomic E-state index is 11.9. The van der Waals surface area contributed by atoms with E-state index in [0.717, 1.165) is 32.5 Å². The van der Waals surface area contributed by atoms with Gasteiger partial charge in [-0.1, -0.05) is 6.92 Å². The lowest BCUT2D eigenvalue weighted by molar-refractivity contribution is -0.126. The summed E-state index contributed by atoms with van der Waals surface area (Å²) < 4.78 is 4.92. The minimum absolute atomic E-state index is 0.0376. The van der Waals surface area contributed by atoms with Gasteiger partial charge in [-0.3, -0.25) is 9.69 Å². The number of nitrogens with zero attached hydrogens (tertiary/aromatic N) is 1. The SMILES string of the molecule is CCNC1CCN(C(C)C(=O)NCCOC)CC1. The van der Waals surface area contributed by atoms with Gasteiger partial charge < -0.3 is 15.4 Å². The molecule has 1 amide bonds. The van der Waals surface area contributed by atoms with E-state index in [2.05, 4.69) is 22.5 Å². The Morgan fingerprint density at radius 3 is 2.67 bits per heavy atom. The molecule has 0 spiro atoms. The average Bonchev–Trinajstić information content (AvgIpc) is 2.39. The summed E-state index contributed by atoms with van der Waals surface area (Å²) >= 11 is 0. The second-order valence-electron chi connectivity index (χ2n) is 4.83. The van der Waals surface area contributed by atoms with Gasteiger partial charge in [-0.25, -0.2) is 0 Å². The molecule has 106 valence electrons. The largest absolute Gasteiger partial charge is 0.383 e. The first-order valence-corrected chi connectivity index (χ1v) is 6.93. The predicted molar refractivity (Wildman–Crippen MR) is 72.6 cm³/mol. The Labute approximate surface area is 110 Å². The molecule has 1 aliphatic rings. The number of hydrogen-bond acceptors (Lipinski definition) is 4. The van der Waals surface area contributed by atoms with Crippen molar-refractivity contribution in [3.63, 3.8) is 0 Å². The summed E-state index contributed by atoms with van der Waals surface area (Å²) in [5.41, 5.74) is 0. The van der Waals surface area contributed by atoms with Crippen LogP contribution in [-0.2, 0) is 9.53 Å². The molecule has 2 N–H and O–H groups in total. The van der Waals surface area contributed by atoms with Crippen molar-refractivity contribution in [2.75, 3.05) is 39.9 Å². The minimum atomic E-state index is -0.0376. The molecule has 1 atom stereocenters. The molecule has 0 saturated carbocycles. The number of likely N-dealkylation sites (tertiary alicyclic amines) is 1. The zero-order chi connectivity index (χ0) is 13.4. The molecule has 0 aromatic heterocycles. The lowest BCUT2D eigenvalue weighted by atomic mass is 10.0. The van der Waals surface area contributed by atoms with E-state index in [9.17, 15) is 4.79 Å². The number of piperidine rings is 1. The van der Waals surface area contributed by atoms with E-state index in [-0.39, 0.29) is 11.9 Å². The van der Waals surface area contributed by atoms with Crippen molar-refractivity contribution in [3.05, 3.63) is 0 Å². The third-order valence-electron chi connectivity index (χ3n) is 3.55. The van der Waals surface area contributed by atoms with E-state index < -0.39 is 0 Å². The smallest absolute Gasteiger partial charge is 0.237 e. The van der Waals surface area contributed by atoms with Crippen molar-refractivity contribution >= 4 is 5.91 Å². The minimum Gasteiger partial charge on any atom is -0.383 e. The first kappa shape index (κ1) is 15.4. The summed E-state index contributed by atoms with van der Waals surface area (Å²) in [6.45, 7) is 8.30.